The molecular formula is C14H23N3O2S. The van der Waals surface area contributed by atoms with E-state index in [9.17, 15) is 8.42 Å². The number of aryl methyl sites for hydroxylation is 1. The molecule has 1 saturated heterocycles. The number of nitrogens with zero attached hydrogens (tertiary/aromatic N) is 1. The molecule has 2 rings (SSSR count). The first kappa shape index (κ1) is 15.3. The fourth-order valence-electron chi connectivity index (χ4n) is 2.59. The lowest BCUT2D eigenvalue weighted by molar-refractivity contribution is 0.264. The van der Waals surface area contributed by atoms with Crippen molar-refractivity contribution in [3.63, 3.8) is 0 Å². The summed E-state index contributed by atoms with van der Waals surface area (Å²) in [6.45, 7) is 3.94. The van der Waals surface area contributed by atoms with Gasteiger partial charge in [-0.2, -0.15) is 12.7 Å². The van der Waals surface area contributed by atoms with Crippen LogP contribution in [0.2, 0.25) is 0 Å². The Labute approximate surface area is 121 Å². The van der Waals surface area contributed by atoms with Gasteiger partial charge in [0.25, 0.3) is 0 Å². The molecule has 5 nitrogen and oxygen atoms in total. The third-order valence-corrected chi connectivity index (χ3v) is 5.19. The molecule has 1 aromatic rings. The third kappa shape index (κ3) is 3.71. The number of benzene rings is 1. The van der Waals surface area contributed by atoms with Crippen LogP contribution in [0.5, 0.6) is 0 Å². The van der Waals surface area contributed by atoms with Gasteiger partial charge in [-0.15, -0.1) is 0 Å². The van der Waals surface area contributed by atoms with E-state index in [0.717, 1.165) is 24.9 Å². The standard InChI is InChI=1S/C14H23N3O2S/c1-12-6-3-4-8-14(12)16-20(18,19)17-9-5-7-13(11-17)10-15-2/h3-4,6,8,13,15-16H,5,7,9-11H2,1-2H3. The molecule has 0 saturated carbocycles. The van der Waals surface area contributed by atoms with Crippen LogP contribution < -0.4 is 10.0 Å². The van der Waals surface area contributed by atoms with E-state index in [1.165, 1.54) is 0 Å². The second-order valence-corrected chi connectivity index (χ2v) is 7.02. The van der Waals surface area contributed by atoms with Crippen LogP contribution in [0.25, 0.3) is 0 Å². The Hall–Kier alpha value is -1.11. The van der Waals surface area contributed by atoms with Crippen LogP contribution in [0.3, 0.4) is 0 Å². The topological polar surface area (TPSA) is 61.4 Å². The molecule has 2 N–H and O–H groups in total. The van der Waals surface area contributed by atoms with Gasteiger partial charge in [0.1, 0.15) is 0 Å². The molecule has 20 heavy (non-hydrogen) atoms. The van der Waals surface area contributed by atoms with Gasteiger partial charge in [-0.3, -0.25) is 4.72 Å². The van der Waals surface area contributed by atoms with E-state index in [4.69, 9.17) is 0 Å². The quantitative estimate of drug-likeness (QED) is 0.867. The number of piperidine rings is 1. The molecule has 6 heteroatoms. The highest BCUT2D eigenvalue weighted by atomic mass is 32.2. The fourth-order valence-corrected chi connectivity index (χ4v) is 4.00. The summed E-state index contributed by atoms with van der Waals surface area (Å²) >= 11 is 0. The molecule has 1 fully saturated rings. The van der Waals surface area contributed by atoms with Crippen molar-refractivity contribution >= 4 is 15.9 Å². The highest BCUT2D eigenvalue weighted by Gasteiger charge is 2.28. The van der Waals surface area contributed by atoms with Gasteiger partial charge >= 0.3 is 10.2 Å². The van der Waals surface area contributed by atoms with E-state index in [1.807, 2.05) is 32.2 Å². The predicted molar refractivity (Wildman–Crippen MR) is 81.9 cm³/mol. The second kappa shape index (κ2) is 6.56. The number of rotatable bonds is 5. The smallest absolute Gasteiger partial charge is 0.301 e. The zero-order chi connectivity index (χ0) is 14.6. The Kier molecular flexibility index (Phi) is 5.01. The van der Waals surface area contributed by atoms with Gasteiger partial charge in [0, 0.05) is 13.1 Å². The first-order chi connectivity index (χ1) is 9.53. The van der Waals surface area contributed by atoms with Crippen molar-refractivity contribution in [3.8, 4) is 0 Å². The summed E-state index contributed by atoms with van der Waals surface area (Å²) in [5, 5.41) is 3.13. The molecule has 0 spiro atoms. The molecule has 0 bridgehead atoms. The lowest BCUT2D eigenvalue weighted by Crippen LogP contribution is -2.44. The lowest BCUT2D eigenvalue weighted by Gasteiger charge is -2.32. The van der Waals surface area contributed by atoms with Crippen molar-refractivity contribution in [3.05, 3.63) is 29.8 Å². The van der Waals surface area contributed by atoms with E-state index in [0.29, 0.717) is 24.7 Å². The maximum Gasteiger partial charge on any atom is 0.301 e. The highest BCUT2D eigenvalue weighted by molar-refractivity contribution is 7.90. The van der Waals surface area contributed by atoms with Crippen LogP contribution in [-0.4, -0.2) is 39.4 Å². The Balaban J connectivity index is 2.08. The summed E-state index contributed by atoms with van der Waals surface area (Å²) in [4.78, 5) is 0. The van der Waals surface area contributed by atoms with Gasteiger partial charge in [0.15, 0.2) is 0 Å². The predicted octanol–water partition coefficient (Wildman–Crippen LogP) is 1.58. The van der Waals surface area contributed by atoms with E-state index >= 15 is 0 Å². The minimum atomic E-state index is -3.45. The second-order valence-electron chi connectivity index (χ2n) is 5.35. The lowest BCUT2D eigenvalue weighted by atomic mass is 10.00. The average Bonchev–Trinajstić information content (AvgIpc) is 2.42. The van der Waals surface area contributed by atoms with E-state index < -0.39 is 10.2 Å². The Morgan fingerprint density at radius 2 is 2.10 bits per heavy atom. The first-order valence-corrected chi connectivity index (χ1v) is 8.45. The van der Waals surface area contributed by atoms with Crippen molar-refractivity contribution in [2.75, 3.05) is 31.4 Å². The molecule has 0 aliphatic carbocycles. The van der Waals surface area contributed by atoms with Crippen molar-refractivity contribution < 1.29 is 8.42 Å². The minimum Gasteiger partial charge on any atom is -0.319 e. The van der Waals surface area contributed by atoms with Crippen LogP contribution >= 0.6 is 0 Å². The van der Waals surface area contributed by atoms with E-state index in [2.05, 4.69) is 10.0 Å². The average molecular weight is 297 g/mol. The maximum atomic E-state index is 12.5. The Morgan fingerprint density at radius 3 is 2.80 bits per heavy atom. The van der Waals surface area contributed by atoms with Crippen LogP contribution in [0.15, 0.2) is 24.3 Å². The molecule has 1 atom stereocenters. The van der Waals surface area contributed by atoms with Crippen LogP contribution in [0.1, 0.15) is 18.4 Å². The number of hydrogen-bond donors (Lipinski definition) is 2. The number of nitrogens with one attached hydrogen (secondary N) is 2. The molecule has 1 aliphatic rings. The molecule has 1 heterocycles. The summed E-state index contributed by atoms with van der Waals surface area (Å²) in [6.07, 6.45) is 2.00. The molecule has 112 valence electrons. The van der Waals surface area contributed by atoms with Crippen molar-refractivity contribution in [1.82, 2.24) is 9.62 Å². The molecule has 0 aromatic heterocycles. The maximum absolute atomic E-state index is 12.5. The zero-order valence-electron chi connectivity index (χ0n) is 12.1. The van der Waals surface area contributed by atoms with Gasteiger partial charge in [-0.25, -0.2) is 0 Å². The zero-order valence-corrected chi connectivity index (χ0v) is 12.9. The van der Waals surface area contributed by atoms with Gasteiger partial charge in [-0.05, 0) is 50.9 Å². The third-order valence-electron chi connectivity index (χ3n) is 3.70. The SMILES string of the molecule is CNCC1CCCN(S(=O)(=O)Nc2ccccc2C)C1. The Morgan fingerprint density at radius 1 is 1.35 bits per heavy atom. The molecule has 0 amide bonds. The highest BCUT2D eigenvalue weighted by Crippen LogP contribution is 2.21. The fraction of sp³-hybridized carbons (Fsp3) is 0.571. The Bertz CT molecular complexity index is 543. The van der Waals surface area contributed by atoms with Gasteiger partial charge in [-0.1, -0.05) is 18.2 Å². The largest absolute Gasteiger partial charge is 0.319 e. The number of anilines is 1. The van der Waals surface area contributed by atoms with Gasteiger partial charge in [0.2, 0.25) is 0 Å². The van der Waals surface area contributed by atoms with Crippen LogP contribution in [0.4, 0.5) is 5.69 Å². The molecule has 1 unspecified atom stereocenters. The number of para-hydroxylation sites is 1. The molecule has 1 aromatic carbocycles. The molecule has 0 radical (unpaired) electrons. The minimum absolute atomic E-state index is 0.391. The van der Waals surface area contributed by atoms with Crippen LogP contribution in [0, 0.1) is 12.8 Å². The summed E-state index contributed by atoms with van der Waals surface area (Å²) < 4.78 is 29.2. The molecule has 1 aliphatic heterocycles. The van der Waals surface area contributed by atoms with Crippen molar-refractivity contribution in [2.45, 2.75) is 19.8 Å². The normalized spacial score (nSPS) is 20.8. The van der Waals surface area contributed by atoms with Crippen LogP contribution in [-0.2, 0) is 10.2 Å². The number of hydrogen-bond acceptors (Lipinski definition) is 3. The van der Waals surface area contributed by atoms with Crippen molar-refractivity contribution in [2.24, 2.45) is 5.92 Å². The monoisotopic (exact) mass is 297 g/mol. The van der Waals surface area contributed by atoms with Crippen molar-refractivity contribution in [1.29, 1.82) is 0 Å². The van der Waals surface area contributed by atoms with Gasteiger partial charge in [0.05, 0.1) is 5.69 Å². The molecular weight excluding hydrogens is 274 g/mol. The summed E-state index contributed by atoms with van der Waals surface area (Å²) in [7, 11) is -1.55. The summed E-state index contributed by atoms with van der Waals surface area (Å²) in [6, 6.07) is 7.43. The van der Waals surface area contributed by atoms with E-state index in [-0.39, 0.29) is 0 Å². The summed E-state index contributed by atoms with van der Waals surface area (Å²) in [5.74, 6) is 0.391. The first-order valence-electron chi connectivity index (χ1n) is 7.01. The van der Waals surface area contributed by atoms with E-state index in [1.54, 1.807) is 10.4 Å². The summed E-state index contributed by atoms with van der Waals surface area (Å²) in [5.41, 5.74) is 1.59. The van der Waals surface area contributed by atoms with Gasteiger partial charge < -0.3 is 5.32 Å².